The molecule has 7 nitrogen and oxygen atoms in total. The number of carbonyl (C=O) groups excluding carboxylic acids is 2. The topological polar surface area (TPSA) is 106 Å². The number of hydrogen-bond acceptors (Lipinski definition) is 6. The molecule has 0 radical (unpaired) electrons. The molecular formula is C23H23NO6. The summed E-state index contributed by atoms with van der Waals surface area (Å²) in [6, 6.07) is 18.0. The second kappa shape index (κ2) is 10.7. The number of nitrogens with one attached hydrogen (secondary N) is 1. The lowest BCUT2D eigenvalue weighted by Gasteiger charge is -2.12. The van der Waals surface area contributed by atoms with Gasteiger partial charge in [-0.25, -0.2) is 4.79 Å². The number of Topliss-reactive ketones (excluding diaryl/α,β-unsaturated/α-hetero) is 1. The second-order valence-electron chi connectivity index (χ2n) is 6.35. The maximum atomic E-state index is 11.5. The van der Waals surface area contributed by atoms with Crippen LogP contribution in [-0.2, 0) is 14.3 Å². The third-order valence-electron chi connectivity index (χ3n) is 4.16. The molecule has 2 aromatic carbocycles. The predicted octanol–water partition coefficient (Wildman–Crippen LogP) is 3.23. The van der Waals surface area contributed by atoms with E-state index in [4.69, 9.17) is 9.15 Å². The molecule has 156 valence electrons. The SMILES string of the molecule is CCOC(=O)C(C(C)=O)c1ccccc1.Cc1oc(=O)[nH]c(=O)c1-c1ccccc1. The van der Waals surface area contributed by atoms with Gasteiger partial charge in [0.1, 0.15) is 17.5 Å². The molecule has 1 atom stereocenters. The van der Waals surface area contributed by atoms with Crippen molar-refractivity contribution >= 4 is 11.8 Å². The molecule has 0 saturated carbocycles. The highest BCUT2D eigenvalue weighted by Crippen LogP contribution is 2.18. The third kappa shape index (κ3) is 5.88. The first-order valence-corrected chi connectivity index (χ1v) is 9.36. The molecule has 3 rings (SSSR count). The van der Waals surface area contributed by atoms with Crippen LogP contribution in [-0.4, -0.2) is 23.3 Å². The van der Waals surface area contributed by atoms with Gasteiger partial charge in [-0.05, 0) is 31.9 Å². The molecule has 0 spiro atoms. The van der Waals surface area contributed by atoms with Crippen LogP contribution in [0.3, 0.4) is 0 Å². The Kier molecular flexibility index (Phi) is 8.05. The molecule has 0 bridgehead atoms. The number of ketones is 1. The lowest BCUT2D eigenvalue weighted by molar-refractivity contribution is -0.147. The van der Waals surface area contributed by atoms with Crippen LogP contribution in [0.4, 0.5) is 0 Å². The Morgan fingerprint density at radius 2 is 1.57 bits per heavy atom. The van der Waals surface area contributed by atoms with Gasteiger partial charge < -0.3 is 9.15 Å². The van der Waals surface area contributed by atoms with Crippen molar-refractivity contribution in [1.82, 2.24) is 4.98 Å². The van der Waals surface area contributed by atoms with Gasteiger partial charge in [-0.1, -0.05) is 60.7 Å². The van der Waals surface area contributed by atoms with E-state index in [0.717, 1.165) is 5.56 Å². The van der Waals surface area contributed by atoms with E-state index in [-0.39, 0.29) is 12.4 Å². The quantitative estimate of drug-likeness (QED) is 0.512. The molecule has 1 heterocycles. The molecule has 0 aliphatic rings. The van der Waals surface area contributed by atoms with Crippen molar-refractivity contribution in [2.24, 2.45) is 0 Å². The number of H-pyrrole nitrogens is 1. The maximum absolute atomic E-state index is 11.5. The van der Waals surface area contributed by atoms with Crippen molar-refractivity contribution in [3.05, 3.63) is 92.9 Å². The summed E-state index contributed by atoms with van der Waals surface area (Å²) in [4.78, 5) is 47.4. The molecule has 30 heavy (non-hydrogen) atoms. The summed E-state index contributed by atoms with van der Waals surface area (Å²) in [7, 11) is 0. The van der Waals surface area contributed by atoms with Gasteiger partial charge in [-0.3, -0.25) is 19.4 Å². The van der Waals surface area contributed by atoms with Gasteiger partial charge in [0, 0.05) is 0 Å². The molecule has 1 N–H and O–H groups in total. The largest absolute Gasteiger partial charge is 0.465 e. The predicted molar refractivity (Wildman–Crippen MR) is 112 cm³/mol. The molecular weight excluding hydrogens is 386 g/mol. The fraction of sp³-hybridized carbons (Fsp3) is 0.217. The van der Waals surface area contributed by atoms with Crippen LogP contribution in [0.5, 0.6) is 0 Å². The lowest BCUT2D eigenvalue weighted by Crippen LogP contribution is -2.22. The summed E-state index contributed by atoms with van der Waals surface area (Å²) in [5.74, 6) is -1.85. The Balaban J connectivity index is 0.000000214. The van der Waals surface area contributed by atoms with E-state index in [9.17, 15) is 19.2 Å². The first kappa shape index (κ1) is 22.5. The minimum atomic E-state index is -0.786. The summed E-state index contributed by atoms with van der Waals surface area (Å²) in [5.41, 5.74) is 1.40. The molecule has 1 aromatic heterocycles. The fourth-order valence-electron chi connectivity index (χ4n) is 2.88. The highest BCUT2D eigenvalue weighted by Gasteiger charge is 2.26. The van der Waals surface area contributed by atoms with Crippen LogP contribution in [0.2, 0.25) is 0 Å². The number of ether oxygens (including phenoxy) is 1. The number of aromatic amines is 1. The molecule has 0 aliphatic heterocycles. The zero-order chi connectivity index (χ0) is 22.1. The van der Waals surface area contributed by atoms with Crippen LogP contribution in [0.1, 0.15) is 31.1 Å². The van der Waals surface area contributed by atoms with E-state index in [1.807, 2.05) is 24.3 Å². The zero-order valence-corrected chi connectivity index (χ0v) is 17.0. The smallest absolute Gasteiger partial charge is 0.419 e. The van der Waals surface area contributed by atoms with E-state index >= 15 is 0 Å². The Labute approximate surface area is 173 Å². The number of hydrogen-bond donors (Lipinski definition) is 1. The monoisotopic (exact) mass is 409 g/mol. The van der Waals surface area contributed by atoms with E-state index in [0.29, 0.717) is 16.9 Å². The normalized spacial score (nSPS) is 11.0. The minimum absolute atomic E-state index is 0.195. The Bertz CT molecular complexity index is 1100. The molecule has 7 heteroatoms. The average Bonchev–Trinajstić information content (AvgIpc) is 2.69. The number of rotatable bonds is 5. The highest BCUT2D eigenvalue weighted by atomic mass is 16.5. The van der Waals surface area contributed by atoms with Crippen molar-refractivity contribution in [3.63, 3.8) is 0 Å². The van der Waals surface area contributed by atoms with Gasteiger partial charge in [0.2, 0.25) is 0 Å². The summed E-state index contributed by atoms with van der Waals surface area (Å²) >= 11 is 0. The van der Waals surface area contributed by atoms with Crippen molar-refractivity contribution in [3.8, 4) is 11.1 Å². The van der Waals surface area contributed by atoms with E-state index in [1.54, 1.807) is 50.2 Å². The number of aryl methyl sites for hydroxylation is 1. The number of aromatic nitrogens is 1. The first-order chi connectivity index (χ1) is 14.3. The molecule has 3 aromatic rings. The maximum Gasteiger partial charge on any atom is 0.419 e. The van der Waals surface area contributed by atoms with Crippen LogP contribution < -0.4 is 11.3 Å². The highest BCUT2D eigenvalue weighted by molar-refractivity contribution is 6.03. The number of carbonyl (C=O) groups is 2. The summed E-state index contributed by atoms with van der Waals surface area (Å²) < 4.78 is 9.69. The minimum Gasteiger partial charge on any atom is -0.465 e. The van der Waals surface area contributed by atoms with Crippen molar-refractivity contribution in [2.45, 2.75) is 26.7 Å². The first-order valence-electron chi connectivity index (χ1n) is 9.36. The molecule has 0 fully saturated rings. The van der Waals surface area contributed by atoms with Gasteiger partial charge in [0.05, 0.1) is 12.2 Å². The van der Waals surface area contributed by atoms with Crippen molar-refractivity contribution in [1.29, 1.82) is 0 Å². The third-order valence-corrected chi connectivity index (χ3v) is 4.16. The van der Waals surface area contributed by atoms with Gasteiger partial charge in [0.25, 0.3) is 5.56 Å². The summed E-state index contributed by atoms with van der Waals surface area (Å²) in [6.45, 7) is 5.00. The van der Waals surface area contributed by atoms with E-state index < -0.39 is 23.2 Å². The average molecular weight is 409 g/mol. The summed E-state index contributed by atoms with van der Waals surface area (Å²) in [6.07, 6.45) is 0. The molecule has 0 aliphatic carbocycles. The molecule has 0 amide bonds. The van der Waals surface area contributed by atoms with Gasteiger partial charge in [0.15, 0.2) is 0 Å². The van der Waals surface area contributed by atoms with Crippen LogP contribution in [0.25, 0.3) is 11.1 Å². The van der Waals surface area contributed by atoms with E-state index in [1.165, 1.54) is 6.92 Å². The Morgan fingerprint density at radius 1 is 1.00 bits per heavy atom. The van der Waals surface area contributed by atoms with Crippen molar-refractivity contribution < 1.29 is 18.7 Å². The summed E-state index contributed by atoms with van der Waals surface area (Å²) in [5, 5.41) is 0. The Hall–Kier alpha value is -3.74. The second-order valence-corrected chi connectivity index (χ2v) is 6.35. The van der Waals surface area contributed by atoms with Gasteiger partial charge >= 0.3 is 11.7 Å². The van der Waals surface area contributed by atoms with Gasteiger partial charge in [-0.15, -0.1) is 0 Å². The number of esters is 1. The Morgan fingerprint density at radius 3 is 2.07 bits per heavy atom. The van der Waals surface area contributed by atoms with Crippen LogP contribution in [0, 0.1) is 6.92 Å². The standard InChI is InChI=1S/C12H14O3.C11H9NO3/c1-3-15-12(14)11(9(2)13)10-7-5-4-6-8-10;1-7-9(8-5-3-2-4-6-8)10(13)12-11(14)15-7/h4-8,11H,3H2,1-2H3;2-6H,1H3,(H,12,13,14). The van der Waals surface area contributed by atoms with Crippen LogP contribution in [0.15, 0.2) is 74.7 Å². The van der Waals surface area contributed by atoms with Crippen LogP contribution >= 0.6 is 0 Å². The molecule has 1 unspecified atom stereocenters. The van der Waals surface area contributed by atoms with E-state index in [2.05, 4.69) is 4.98 Å². The number of benzene rings is 2. The fourth-order valence-corrected chi connectivity index (χ4v) is 2.88. The van der Waals surface area contributed by atoms with Gasteiger partial charge in [-0.2, -0.15) is 0 Å². The van der Waals surface area contributed by atoms with Crippen molar-refractivity contribution in [2.75, 3.05) is 6.61 Å². The molecule has 0 saturated heterocycles. The lowest BCUT2D eigenvalue weighted by atomic mass is 9.96. The zero-order valence-electron chi connectivity index (χ0n) is 17.0.